The molecule has 0 bridgehead atoms. The molecule has 0 aliphatic carbocycles. The summed E-state index contributed by atoms with van der Waals surface area (Å²) < 4.78 is 28.9. The number of carbonyl (C=O) groups is 1. The molecule has 1 heterocycles. The van der Waals surface area contributed by atoms with Gasteiger partial charge in [0, 0.05) is 39.3 Å². The average Bonchev–Trinajstić information content (AvgIpc) is 3.16. The van der Waals surface area contributed by atoms with Crippen LogP contribution in [0.15, 0.2) is 66.7 Å². The molecular formula is C27H31F2N3O. The van der Waals surface area contributed by atoms with Crippen LogP contribution in [0.5, 0.6) is 0 Å². The highest BCUT2D eigenvalue weighted by Crippen LogP contribution is 2.27. The second kappa shape index (κ2) is 11.5. The Labute approximate surface area is 194 Å². The van der Waals surface area contributed by atoms with Crippen LogP contribution in [0.4, 0.5) is 14.6 Å². The van der Waals surface area contributed by atoms with E-state index in [0.29, 0.717) is 24.1 Å². The van der Waals surface area contributed by atoms with Crippen molar-refractivity contribution in [1.29, 1.82) is 0 Å². The highest BCUT2D eigenvalue weighted by atomic mass is 19.2. The Morgan fingerprint density at radius 3 is 2.42 bits per heavy atom. The van der Waals surface area contributed by atoms with Gasteiger partial charge in [0.05, 0.1) is 5.56 Å². The summed E-state index contributed by atoms with van der Waals surface area (Å²) in [7, 11) is 3.83. The van der Waals surface area contributed by atoms with E-state index >= 15 is 0 Å². The average molecular weight is 452 g/mol. The molecule has 0 aliphatic rings. The van der Waals surface area contributed by atoms with Gasteiger partial charge in [-0.2, -0.15) is 0 Å². The minimum atomic E-state index is -0.925. The molecule has 174 valence electrons. The standard InChI is InChI=1S/C27H31F2N3O/c1-4-5-6-10-13-22-17-23(26(33)30-18-21-14-15-24(28)25(29)16-21)27(31(2)3)32(22)19-20-11-8-7-9-12-20/h6-12,14-17H,4-5,13,18-19H2,1-3H3,(H,30,33)/b10-6+. The van der Waals surface area contributed by atoms with Gasteiger partial charge in [-0.3, -0.25) is 4.79 Å². The van der Waals surface area contributed by atoms with E-state index in [-0.39, 0.29) is 12.5 Å². The summed E-state index contributed by atoms with van der Waals surface area (Å²) in [5, 5.41) is 2.85. The Kier molecular flexibility index (Phi) is 8.41. The highest BCUT2D eigenvalue weighted by Gasteiger charge is 2.22. The zero-order chi connectivity index (χ0) is 23.8. The fourth-order valence-corrected chi connectivity index (χ4v) is 3.77. The number of anilines is 1. The van der Waals surface area contributed by atoms with Crippen molar-refractivity contribution in [1.82, 2.24) is 9.88 Å². The molecule has 1 aromatic heterocycles. The molecule has 0 radical (unpaired) electrons. The minimum Gasteiger partial charge on any atom is -0.363 e. The molecule has 3 rings (SSSR count). The van der Waals surface area contributed by atoms with Gasteiger partial charge >= 0.3 is 0 Å². The third-order valence-electron chi connectivity index (χ3n) is 5.39. The summed E-state index contributed by atoms with van der Waals surface area (Å²) in [6.45, 7) is 2.89. The monoisotopic (exact) mass is 451 g/mol. The van der Waals surface area contributed by atoms with Gasteiger partial charge < -0.3 is 14.8 Å². The summed E-state index contributed by atoms with van der Waals surface area (Å²) in [4.78, 5) is 15.1. The molecule has 0 aliphatic heterocycles. The molecule has 0 fully saturated rings. The number of unbranched alkanes of at least 4 members (excludes halogenated alkanes) is 1. The Hall–Kier alpha value is -3.41. The fraction of sp³-hybridized carbons (Fsp3) is 0.296. The molecule has 3 aromatic rings. The van der Waals surface area contributed by atoms with Gasteiger partial charge in [0.1, 0.15) is 5.82 Å². The summed E-state index contributed by atoms with van der Waals surface area (Å²) >= 11 is 0. The molecule has 33 heavy (non-hydrogen) atoms. The first-order chi connectivity index (χ1) is 15.9. The molecule has 0 spiro atoms. The van der Waals surface area contributed by atoms with E-state index in [0.717, 1.165) is 42.0 Å². The van der Waals surface area contributed by atoms with E-state index in [1.165, 1.54) is 6.07 Å². The van der Waals surface area contributed by atoms with Crippen molar-refractivity contribution in [3.8, 4) is 0 Å². The third-order valence-corrected chi connectivity index (χ3v) is 5.39. The number of aromatic nitrogens is 1. The lowest BCUT2D eigenvalue weighted by atomic mass is 10.2. The van der Waals surface area contributed by atoms with Crippen LogP contribution in [0, 0.1) is 11.6 Å². The van der Waals surface area contributed by atoms with Gasteiger partial charge in [0.2, 0.25) is 0 Å². The van der Waals surface area contributed by atoms with Crippen molar-refractivity contribution < 1.29 is 13.6 Å². The molecule has 0 atom stereocenters. The van der Waals surface area contributed by atoms with Crippen LogP contribution >= 0.6 is 0 Å². The summed E-state index contributed by atoms with van der Waals surface area (Å²) in [6.07, 6.45) is 7.12. The van der Waals surface area contributed by atoms with E-state index < -0.39 is 11.6 Å². The predicted octanol–water partition coefficient (Wildman–Crippen LogP) is 5.71. The van der Waals surface area contributed by atoms with Crippen LogP contribution in [0.2, 0.25) is 0 Å². The van der Waals surface area contributed by atoms with Gasteiger partial charge in [-0.05, 0) is 35.7 Å². The van der Waals surface area contributed by atoms with Crippen molar-refractivity contribution in [2.45, 2.75) is 39.3 Å². The smallest absolute Gasteiger partial charge is 0.255 e. The molecule has 6 heteroatoms. The number of rotatable bonds is 10. The van der Waals surface area contributed by atoms with Crippen molar-refractivity contribution in [3.05, 3.63) is 101 Å². The van der Waals surface area contributed by atoms with E-state index in [4.69, 9.17) is 0 Å². The Bertz CT molecular complexity index is 1100. The molecule has 0 unspecified atom stereocenters. The summed E-state index contributed by atoms with van der Waals surface area (Å²) in [6, 6.07) is 15.7. The first-order valence-corrected chi connectivity index (χ1v) is 11.2. The SMILES string of the molecule is CCC/C=C/Cc1cc(C(=O)NCc2ccc(F)c(F)c2)c(N(C)C)n1Cc1ccccc1. The summed E-state index contributed by atoms with van der Waals surface area (Å²) in [5.41, 5.74) is 3.23. The quantitative estimate of drug-likeness (QED) is 0.401. The Morgan fingerprint density at radius 2 is 1.76 bits per heavy atom. The number of hydrogen-bond acceptors (Lipinski definition) is 2. The molecule has 4 nitrogen and oxygen atoms in total. The molecule has 2 aromatic carbocycles. The number of allylic oxidation sites excluding steroid dienone is 2. The van der Waals surface area contributed by atoms with Crippen LogP contribution in [0.25, 0.3) is 0 Å². The number of nitrogens with zero attached hydrogens (tertiary/aromatic N) is 2. The van der Waals surface area contributed by atoms with E-state index in [1.807, 2.05) is 43.3 Å². The van der Waals surface area contributed by atoms with Gasteiger partial charge in [-0.1, -0.05) is 61.9 Å². The van der Waals surface area contributed by atoms with E-state index in [1.54, 1.807) is 0 Å². The first kappa shape index (κ1) is 24.2. The summed E-state index contributed by atoms with van der Waals surface area (Å²) in [5.74, 6) is -1.28. The van der Waals surface area contributed by atoms with Crippen LogP contribution < -0.4 is 10.2 Å². The molecule has 0 saturated carbocycles. The van der Waals surface area contributed by atoms with Gasteiger partial charge in [-0.15, -0.1) is 0 Å². The van der Waals surface area contributed by atoms with Crippen molar-refractivity contribution in [2.75, 3.05) is 19.0 Å². The lowest BCUT2D eigenvalue weighted by Crippen LogP contribution is -2.26. The van der Waals surface area contributed by atoms with E-state index in [9.17, 15) is 13.6 Å². The largest absolute Gasteiger partial charge is 0.363 e. The Morgan fingerprint density at radius 1 is 1.00 bits per heavy atom. The molecule has 0 saturated heterocycles. The minimum absolute atomic E-state index is 0.110. The lowest BCUT2D eigenvalue weighted by molar-refractivity contribution is 0.0951. The molecule has 1 N–H and O–H groups in total. The van der Waals surface area contributed by atoms with Gasteiger partial charge in [0.15, 0.2) is 11.6 Å². The highest BCUT2D eigenvalue weighted by molar-refractivity contribution is 5.99. The van der Waals surface area contributed by atoms with Crippen LogP contribution in [0.1, 0.15) is 46.9 Å². The zero-order valence-corrected chi connectivity index (χ0v) is 19.4. The van der Waals surface area contributed by atoms with Crippen molar-refractivity contribution >= 4 is 11.7 Å². The van der Waals surface area contributed by atoms with Gasteiger partial charge in [-0.25, -0.2) is 8.78 Å². The topological polar surface area (TPSA) is 37.3 Å². The first-order valence-electron chi connectivity index (χ1n) is 11.2. The lowest BCUT2D eigenvalue weighted by Gasteiger charge is -2.20. The van der Waals surface area contributed by atoms with Crippen LogP contribution in [-0.2, 0) is 19.5 Å². The van der Waals surface area contributed by atoms with Crippen molar-refractivity contribution in [2.24, 2.45) is 0 Å². The van der Waals surface area contributed by atoms with Gasteiger partial charge in [0.25, 0.3) is 5.91 Å². The number of benzene rings is 2. The third kappa shape index (κ3) is 6.31. The molecular weight excluding hydrogens is 420 g/mol. The van der Waals surface area contributed by atoms with Crippen molar-refractivity contribution in [3.63, 3.8) is 0 Å². The fourth-order valence-electron chi connectivity index (χ4n) is 3.77. The molecule has 1 amide bonds. The normalized spacial score (nSPS) is 11.2. The Balaban J connectivity index is 1.91. The number of hydrogen-bond donors (Lipinski definition) is 1. The maximum atomic E-state index is 13.5. The number of carbonyl (C=O) groups excluding carboxylic acids is 1. The zero-order valence-electron chi connectivity index (χ0n) is 19.4. The second-order valence-electron chi connectivity index (χ2n) is 8.23. The number of nitrogens with one attached hydrogen (secondary N) is 1. The maximum absolute atomic E-state index is 13.5. The second-order valence-corrected chi connectivity index (χ2v) is 8.23. The maximum Gasteiger partial charge on any atom is 0.255 e. The van der Waals surface area contributed by atoms with Crippen LogP contribution in [0.3, 0.4) is 0 Å². The van der Waals surface area contributed by atoms with Crippen LogP contribution in [-0.4, -0.2) is 24.6 Å². The number of halogens is 2. The number of amides is 1. The van der Waals surface area contributed by atoms with E-state index in [2.05, 4.69) is 41.1 Å². The predicted molar refractivity (Wildman–Crippen MR) is 130 cm³/mol.